The number of nitrogens with one attached hydrogen (secondary N) is 1. The Hall–Kier alpha value is -3.26. The van der Waals surface area contributed by atoms with Gasteiger partial charge in [-0.15, -0.1) is 0 Å². The molecular weight excluding hydrogens is 577 g/mol. The molecule has 3 heterocycles. The molecule has 3 amide bonds. The molecule has 238 valence electrons. The van der Waals surface area contributed by atoms with E-state index in [2.05, 4.69) is 10.1 Å². The van der Waals surface area contributed by atoms with Crippen LogP contribution in [0.4, 0.5) is 9.59 Å². The Morgan fingerprint density at radius 1 is 1.20 bits per heavy atom. The number of alkyl carbamates (subject to hydrolysis) is 1. The normalized spacial score (nSPS) is 19.6. The number of methoxy groups -OCH3 is 1. The SMILES string of the molecule is [B]C([B])([B])OC[C@H]1CO[C@@H](C(=O)N(C2CC2)[C@H](C)c2nn(CCCNC(=O)OC)c3nc(C)ccc23)CN1C(=O)OC(C)(C)C. The zero-order chi connectivity index (χ0) is 33.1. The van der Waals surface area contributed by atoms with E-state index in [-0.39, 0.29) is 31.7 Å². The molecule has 1 saturated carbocycles. The number of ether oxygens (including phenoxy) is 4. The Morgan fingerprint density at radius 3 is 2.53 bits per heavy atom. The molecule has 13 nitrogen and oxygen atoms in total. The van der Waals surface area contributed by atoms with Crippen LogP contribution >= 0.6 is 0 Å². The van der Waals surface area contributed by atoms with E-state index in [0.29, 0.717) is 30.9 Å². The van der Waals surface area contributed by atoms with E-state index in [1.807, 2.05) is 30.9 Å². The molecular formula is C29H41B3N6O7. The van der Waals surface area contributed by atoms with Gasteiger partial charge < -0.3 is 29.2 Å². The molecule has 1 N–H and O–H groups in total. The predicted octanol–water partition coefficient (Wildman–Crippen LogP) is 1.68. The van der Waals surface area contributed by atoms with Gasteiger partial charge in [0.2, 0.25) is 0 Å². The third-order valence-electron chi connectivity index (χ3n) is 7.49. The van der Waals surface area contributed by atoms with E-state index in [1.54, 1.807) is 25.5 Å². The van der Waals surface area contributed by atoms with Crippen molar-refractivity contribution in [3.05, 3.63) is 23.5 Å². The Labute approximate surface area is 268 Å². The van der Waals surface area contributed by atoms with Crippen LogP contribution in [0.15, 0.2) is 12.1 Å². The summed E-state index contributed by atoms with van der Waals surface area (Å²) in [5, 5.41) is 6.51. The van der Waals surface area contributed by atoms with Crippen molar-refractivity contribution >= 4 is 52.7 Å². The summed E-state index contributed by atoms with van der Waals surface area (Å²) >= 11 is 0. The molecule has 1 saturated heterocycles. The third-order valence-corrected chi connectivity index (χ3v) is 7.49. The number of aromatic nitrogens is 3. The molecule has 4 rings (SSSR count). The average Bonchev–Trinajstić information content (AvgIpc) is 3.73. The number of nitrogens with zero attached hydrogens (tertiary/aromatic N) is 5. The highest BCUT2D eigenvalue weighted by Gasteiger charge is 2.45. The van der Waals surface area contributed by atoms with Gasteiger partial charge >= 0.3 is 12.2 Å². The van der Waals surface area contributed by atoms with Gasteiger partial charge in [-0.2, -0.15) is 5.10 Å². The largest absolute Gasteiger partial charge is 0.453 e. The summed E-state index contributed by atoms with van der Waals surface area (Å²) in [5.74, 6) is -0.256. The highest BCUT2D eigenvalue weighted by Crippen LogP contribution is 2.37. The van der Waals surface area contributed by atoms with Gasteiger partial charge in [0.05, 0.1) is 68.2 Å². The standard InChI is InChI=1S/C29H41B3N6O7/c1-17-8-11-21-23(35-37(24(21)34-17)13-7-12-33-26(40)42-6)18(2)38(19-9-10-19)25(39)22-14-36(27(41)45-28(3,4)5)20(15-43-22)16-44-29(30,31)32/h8,11,18-20,22H,7,9-10,12-16H2,1-6H3,(H,33,40)/t18-,20-,22-/m1/s1. The van der Waals surface area contributed by atoms with E-state index >= 15 is 0 Å². The lowest BCUT2D eigenvalue weighted by atomic mass is 9.52. The van der Waals surface area contributed by atoms with Crippen molar-refractivity contribution in [3.8, 4) is 0 Å². The number of rotatable bonds is 11. The van der Waals surface area contributed by atoms with Crippen molar-refractivity contribution < 1.29 is 33.3 Å². The number of carbonyl (C=O) groups is 3. The Kier molecular flexibility index (Phi) is 10.8. The van der Waals surface area contributed by atoms with Crippen LogP contribution in [-0.2, 0) is 30.3 Å². The maximum absolute atomic E-state index is 14.2. The zero-order valence-corrected chi connectivity index (χ0v) is 26.9. The molecule has 45 heavy (non-hydrogen) atoms. The molecule has 1 aliphatic carbocycles. The number of pyridine rings is 1. The van der Waals surface area contributed by atoms with Crippen LogP contribution in [0.5, 0.6) is 0 Å². The number of aryl methyl sites for hydroxylation is 2. The lowest BCUT2D eigenvalue weighted by Crippen LogP contribution is -2.59. The molecule has 1 aliphatic heterocycles. The molecule has 2 fully saturated rings. The molecule has 0 aromatic carbocycles. The first-order chi connectivity index (χ1) is 21.1. The van der Waals surface area contributed by atoms with Crippen molar-refractivity contribution in [1.29, 1.82) is 0 Å². The van der Waals surface area contributed by atoms with Gasteiger partial charge in [0.15, 0.2) is 11.8 Å². The summed E-state index contributed by atoms with van der Waals surface area (Å²) < 4.78 is 23.5. The molecule has 2 aromatic heterocycles. The molecule has 2 aromatic rings. The van der Waals surface area contributed by atoms with Crippen LogP contribution in [0.3, 0.4) is 0 Å². The van der Waals surface area contributed by atoms with Crippen molar-refractivity contribution in [3.63, 3.8) is 0 Å². The lowest BCUT2D eigenvalue weighted by Gasteiger charge is -2.42. The van der Waals surface area contributed by atoms with Crippen LogP contribution in [0.2, 0.25) is 0 Å². The van der Waals surface area contributed by atoms with E-state index in [1.165, 1.54) is 12.0 Å². The monoisotopic (exact) mass is 618 g/mol. The number of hydrogen-bond acceptors (Lipinski definition) is 9. The number of hydrogen-bond donors (Lipinski definition) is 1. The maximum Gasteiger partial charge on any atom is 0.410 e. The number of carbonyl (C=O) groups excluding carboxylic acids is 3. The summed E-state index contributed by atoms with van der Waals surface area (Å²) in [5.41, 5.74) is 1.46. The quantitative estimate of drug-likeness (QED) is 0.295. The van der Waals surface area contributed by atoms with Gasteiger partial charge in [-0.1, -0.05) is 0 Å². The maximum atomic E-state index is 14.2. The van der Waals surface area contributed by atoms with Crippen LogP contribution < -0.4 is 5.32 Å². The minimum atomic E-state index is -1.90. The van der Waals surface area contributed by atoms with E-state index in [4.69, 9.17) is 47.8 Å². The summed E-state index contributed by atoms with van der Waals surface area (Å²) in [7, 11) is 18.1. The first-order valence-corrected chi connectivity index (χ1v) is 15.2. The molecule has 3 atom stereocenters. The Bertz CT molecular complexity index is 1370. The average molecular weight is 618 g/mol. The van der Waals surface area contributed by atoms with Gasteiger partial charge in [-0.05, 0) is 71.3 Å². The number of amides is 3. The van der Waals surface area contributed by atoms with Gasteiger partial charge in [-0.3, -0.25) is 9.69 Å². The summed E-state index contributed by atoms with van der Waals surface area (Å²) in [6.07, 6.45) is 0.219. The van der Waals surface area contributed by atoms with Gasteiger partial charge in [0, 0.05) is 30.2 Å². The van der Waals surface area contributed by atoms with Crippen LogP contribution in [0.1, 0.15) is 64.4 Å². The van der Waals surface area contributed by atoms with E-state index in [9.17, 15) is 14.4 Å². The number of fused-ring (bicyclic) bond motifs is 1. The van der Waals surface area contributed by atoms with Crippen molar-refractivity contribution in [2.45, 2.75) is 95.6 Å². The minimum absolute atomic E-state index is 0.00216. The topological polar surface area (TPSA) is 137 Å². The minimum Gasteiger partial charge on any atom is -0.453 e. The second kappa shape index (κ2) is 14.0. The Balaban J connectivity index is 1.56. The molecule has 6 radical (unpaired) electrons. The van der Waals surface area contributed by atoms with E-state index in [0.717, 1.165) is 23.9 Å². The second-order valence-corrected chi connectivity index (χ2v) is 12.6. The van der Waals surface area contributed by atoms with Crippen molar-refractivity contribution in [2.75, 3.05) is 33.4 Å². The van der Waals surface area contributed by atoms with Gasteiger partial charge in [0.25, 0.3) is 5.91 Å². The van der Waals surface area contributed by atoms with Crippen molar-refractivity contribution in [2.24, 2.45) is 0 Å². The van der Waals surface area contributed by atoms with Gasteiger partial charge in [0.1, 0.15) is 5.60 Å². The third kappa shape index (κ3) is 9.15. The molecule has 16 heteroatoms. The first kappa shape index (κ1) is 34.6. The van der Waals surface area contributed by atoms with Crippen LogP contribution in [0, 0.1) is 6.92 Å². The summed E-state index contributed by atoms with van der Waals surface area (Å²) in [6, 6.07) is 2.83. The second-order valence-electron chi connectivity index (χ2n) is 12.6. The fraction of sp³-hybridized carbons (Fsp3) is 0.690. The van der Waals surface area contributed by atoms with E-state index < -0.39 is 41.3 Å². The fourth-order valence-corrected chi connectivity index (χ4v) is 5.23. The molecule has 0 bridgehead atoms. The summed E-state index contributed by atoms with van der Waals surface area (Å²) in [4.78, 5) is 46.9. The van der Waals surface area contributed by atoms with Gasteiger partial charge in [-0.25, -0.2) is 19.3 Å². The van der Waals surface area contributed by atoms with Crippen LogP contribution in [-0.4, -0.2) is 129 Å². The summed E-state index contributed by atoms with van der Waals surface area (Å²) in [6.45, 7) is 9.83. The lowest BCUT2D eigenvalue weighted by molar-refractivity contribution is -0.157. The smallest absolute Gasteiger partial charge is 0.410 e. The first-order valence-electron chi connectivity index (χ1n) is 15.2. The number of morpholine rings is 1. The molecule has 0 unspecified atom stereocenters. The highest BCUT2D eigenvalue weighted by molar-refractivity contribution is 6.58. The fourth-order valence-electron chi connectivity index (χ4n) is 5.23. The van der Waals surface area contributed by atoms with Crippen molar-refractivity contribution in [1.82, 2.24) is 29.9 Å². The zero-order valence-electron chi connectivity index (χ0n) is 26.9. The molecule has 0 spiro atoms. The van der Waals surface area contributed by atoms with Crippen LogP contribution in [0.25, 0.3) is 11.0 Å². The predicted molar refractivity (Wildman–Crippen MR) is 168 cm³/mol. The Morgan fingerprint density at radius 2 is 1.91 bits per heavy atom. The molecule has 2 aliphatic rings. The highest BCUT2D eigenvalue weighted by atomic mass is 16.6.